The summed E-state index contributed by atoms with van der Waals surface area (Å²) in [6, 6.07) is 10.3. The quantitative estimate of drug-likeness (QED) is 0.869. The normalized spacial score (nSPS) is 15.2. The lowest BCUT2D eigenvalue weighted by Crippen LogP contribution is -2.35. The minimum absolute atomic E-state index is 0.101. The maximum atomic E-state index is 12.9. The molecule has 1 heterocycles. The van der Waals surface area contributed by atoms with Crippen LogP contribution in [0.1, 0.15) is 47.4 Å². The number of nitrogens with zero attached hydrogens (tertiary/aromatic N) is 3. The SMILES string of the molecule is Cc1nn(-c2ccccc2)c(C)c1C(=O)N(C)C1CCCC1. The third-order valence-electron chi connectivity index (χ3n) is 4.70. The van der Waals surface area contributed by atoms with E-state index in [0.717, 1.165) is 35.5 Å². The van der Waals surface area contributed by atoms with Gasteiger partial charge in [-0.2, -0.15) is 5.10 Å². The Balaban J connectivity index is 1.94. The van der Waals surface area contributed by atoms with Gasteiger partial charge in [0.25, 0.3) is 5.91 Å². The number of hydrogen-bond acceptors (Lipinski definition) is 2. The van der Waals surface area contributed by atoms with E-state index in [2.05, 4.69) is 5.10 Å². The standard InChI is InChI=1S/C18H23N3O/c1-13-17(18(22)20(3)15-9-7-8-10-15)14(2)21(19-13)16-11-5-4-6-12-16/h4-6,11-12,15H,7-10H2,1-3H3. The summed E-state index contributed by atoms with van der Waals surface area (Å²) in [6.07, 6.45) is 4.69. The van der Waals surface area contributed by atoms with E-state index in [4.69, 9.17) is 0 Å². The van der Waals surface area contributed by atoms with Crippen LogP contribution in [0.3, 0.4) is 0 Å². The van der Waals surface area contributed by atoms with E-state index in [-0.39, 0.29) is 5.91 Å². The van der Waals surface area contributed by atoms with Gasteiger partial charge in [-0.05, 0) is 38.8 Å². The Labute approximate surface area is 131 Å². The molecule has 3 rings (SSSR count). The van der Waals surface area contributed by atoms with Crippen molar-refractivity contribution in [1.82, 2.24) is 14.7 Å². The predicted octanol–water partition coefficient (Wildman–Crippen LogP) is 3.50. The van der Waals surface area contributed by atoms with Crippen LogP contribution in [0.25, 0.3) is 5.69 Å². The van der Waals surface area contributed by atoms with Gasteiger partial charge in [-0.1, -0.05) is 31.0 Å². The highest BCUT2D eigenvalue weighted by atomic mass is 16.2. The second-order valence-corrected chi connectivity index (χ2v) is 6.15. The molecule has 0 spiro atoms. The summed E-state index contributed by atoms with van der Waals surface area (Å²) >= 11 is 0. The Morgan fingerprint density at radius 2 is 1.82 bits per heavy atom. The predicted molar refractivity (Wildman–Crippen MR) is 87.4 cm³/mol. The second-order valence-electron chi connectivity index (χ2n) is 6.15. The van der Waals surface area contributed by atoms with Gasteiger partial charge < -0.3 is 4.90 Å². The number of rotatable bonds is 3. The number of para-hydroxylation sites is 1. The molecule has 1 amide bonds. The van der Waals surface area contributed by atoms with Gasteiger partial charge in [-0.15, -0.1) is 0 Å². The first-order valence-corrected chi connectivity index (χ1v) is 7.98. The molecule has 2 aromatic rings. The van der Waals surface area contributed by atoms with Crippen LogP contribution in [0.4, 0.5) is 0 Å². The molecule has 1 saturated carbocycles. The van der Waals surface area contributed by atoms with Gasteiger partial charge in [-0.3, -0.25) is 4.79 Å². The molecule has 116 valence electrons. The Kier molecular flexibility index (Phi) is 4.01. The summed E-state index contributed by atoms with van der Waals surface area (Å²) in [4.78, 5) is 14.8. The molecule has 4 nitrogen and oxygen atoms in total. The molecule has 1 aliphatic rings. The van der Waals surface area contributed by atoms with Crippen molar-refractivity contribution in [3.05, 3.63) is 47.3 Å². The van der Waals surface area contributed by atoms with Crippen molar-refractivity contribution in [2.24, 2.45) is 0 Å². The second kappa shape index (κ2) is 5.95. The summed E-state index contributed by atoms with van der Waals surface area (Å²) < 4.78 is 1.87. The van der Waals surface area contributed by atoms with Crippen molar-refractivity contribution in [1.29, 1.82) is 0 Å². The molecule has 0 aliphatic heterocycles. The monoisotopic (exact) mass is 297 g/mol. The molecular weight excluding hydrogens is 274 g/mol. The van der Waals surface area contributed by atoms with Gasteiger partial charge in [0.05, 0.1) is 22.6 Å². The minimum Gasteiger partial charge on any atom is -0.339 e. The van der Waals surface area contributed by atoms with Gasteiger partial charge in [0, 0.05) is 13.1 Å². The van der Waals surface area contributed by atoms with E-state index in [1.54, 1.807) is 0 Å². The van der Waals surface area contributed by atoms with Gasteiger partial charge in [0.2, 0.25) is 0 Å². The van der Waals surface area contributed by atoms with Gasteiger partial charge >= 0.3 is 0 Å². The summed E-state index contributed by atoms with van der Waals surface area (Å²) in [5.74, 6) is 0.101. The Hall–Kier alpha value is -2.10. The number of carbonyl (C=O) groups excluding carboxylic acids is 1. The number of benzene rings is 1. The van der Waals surface area contributed by atoms with Crippen LogP contribution in [0.5, 0.6) is 0 Å². The summed E-state index contributed by atoms with van der Waals surface area (Å²) in [7, 11) is 1.93. The van der Waals surface area contributed by atoms with Gasteiger partial charge in [-0.25, -0.2) is 4.68 Å². The van der Waals surface area contributed by atoms with E-state index in [1.807, 2.05) is 60.8 Å². The number of carbonyl (C=O) groups is 1. The molecule has 0 unspecified atom stereocenters. The topological polar surface area (TPSA) is 38.1 Å². The van der Waals surface area contributed by atoms with Crippen LogP contribution >= 0.6 is 0 Å². The van der Waals surface area contributed by atoms with Crippen LogP contribution in [-0.2, 0) is 0 Å². The number of amides is 1. The third-order valence-corrected chi connectivity index (χ3v) is 4.70. The molecule has 0 atom stereocenters. The Morgan fingerprint density at radius 3 is 2.45 bits per heavy atom. The highest BCUT2D eigenvalue weighted by molar-refractivity contribution is 5.96. The van der Waals surface area contributed by atoms with Crippen LogP contribution in [-0.4, -0.2) is 33.7 Å². The van der Waals surface area contributed by atoms with Crippen LogP contribution in [0.15, 0.2) is 30.3 Å². The molecule has 0 saturated heterocycles. The van der Waals surface area contributed by atoms with Crippen LogP contribution in [0, 0.1) is 13.8 Å². The van der Waals surface area contributed by atoms with Crippen molar-refractivity contribution < 1.29 is 4.79 Å². The van der Waals surface area contributed by atoms with Crippen molar-refractivity contribution in [2.75, 3.05) is 7.05 Å². The van der Waals surface area contributed by atoms with E-state index in [0.29, 0.717) is 6.04 Å². The summed E-state index contributed by atoms with van der Waals surface area (Å²) in [5, 5.41) is 4.58. The van der Waals surface area contributed by atoms with E-state index in [1.165, 1.54) is 12.8 Å². The van der Waals surface area contributed by atoms with Crippen molar-refractivity contribution in [2.45, 2.75) is 45.6 Å². The third kappa shape index (κ3) is 2.54. The molecule has 22 heavy (non-hydrogen) atoms. The number of aryl methyl sites for hydroxylation is 1. The molecule has 0 radical (unpaired) electrons. The van der Waals surface area contributed by atoms with Crippen LogP contribution < -0.4 is 0 Å². The highest BCUT2D eigenvalue weighted by Crippen LogP contribution is 2.26. The van der Waals surface area contributed by atoms with Crippen molar-refractivity contribution >= 4 is 5.91 Å². The largest absolute Gasteiger partial charge is 0.339 e. The molecular formula is C18H23N3O. The molecule has 1 fully saturated rings. The van der Waals surface area contributed by atoms with Crippen LogP contribution in [0.2, 0.25) is 0 Å². The maximum absolute atomic E-state index is 12.9. The number of hydrogen-bond donors (Lipinski definition) is 0. The van der Waals surface area contributed by atoms with Crippen molar-refractivity contribution in [3.8, 4) is 5.69 Å². The molecule has 1 aromatic carbocycles. The van der Waals surface area contributed by atoms with Gasteiger partial charge in [0.15, 0.2) is 0 Å². The van der Waals surface area contributed by atoms with Gasteiger partial charge in [0.1, 0.15) is 0 Å². The zero-order valence-corrected chi connectivity index (χ0v) is 13.5. The summed E-state index contributed by atoms with van der Waals surface area (Å²) in [6.45, 7) is 3.89. The Morgan fingerprint density at radius 1 is 1.18 bits per heavy atom. The smallest absolute Gasteiger partial charge is 0.257 e. The average Bonchev–Trinajstić information content (AvgIpc) is 3.15. The zero-order valence-electron chi connectivity index (χ0n) is 13.5. The highest BCUT2D eigenvalue weighted by Gasteiger charge is 2.28. The molecule has 4 heteroatoms. The lowest BCUT2D eigenvalue weighted by atomic mass is 10.1. The van der Waals surface area contributed by atoms with E-state index < -0.39 is 0 Å². The molecule has 0 bridgehead atoms. The first kappa shape index (κ1) is 14.8. The average molecular weight is 297 g/mol. The fraction of sp³-hybridized carbons (Fsp3) is 0.444. The van der Waals surface area contributed by atoms with Crippen molar-refractivity contribution in [3.63, 3.8) is 0 Å². The lowest BCUT2D eigenvalue weighted by Gasteiger charge is -2.24. The lowest BCUT2D eigenvalue weighted by molar-refractivity contribution is 0.0733. The first-order chi connectivity index (χ1) is 10.6. The Bertz CT molecular complexity index is 669. The van der Waals surface area contributed by atoms with E-state index in [9.17, 15) is 4.79 Å². The maximum Gasteiger partial charge on any atom is 0.257 e. The first-order valence-electron chi connectivity index (χ1n) is 7.98. The fourth-order valence-electron chi connectivity index (χ4n) is 3.41. The summed E-state index contributed by atoms with van der Waals surface area (Å²) in [5.41, 5.74) is 3.46. The molecule has 1 aromatic heterocycles. The minimum atomic E-state index is 0.101. The fourth-order valence-corrected chi connectivity index (χ4v) is 3.41. The number of aromatic nitrogens is 2. The molecule has 1 aliphatic carbocycles. The zero-order chi connectivity index (χ0) is 15.7. The van der Waals surface area contributed by atoms with E-state index >= 15 is 0 Å². The molecule has 0 N–H and O–H groups in total.